The van der Waals surface area contributed by atoms with Gasteiger partial charge in [-0.2, -0.15) is 0 Å². The molecule has 1 atom stereocenters. The summed E-state index contributed by atoms with van der Waals surface area (Å²) in [4.78, 5) is 1.59. The molecule has 0 spiro atoms. The van der Waals surface area contributed by atoms with Crippen molar-refractivity contribution >= 4 is 0 Å². The van der Waals surface area contributed by atoms with Gasteiger partial charge in [-0.05, 0) is 18.6 Å². The third kappa shape index (κ3) is 2.84. The molecule has 1 saturated heterocycles. The van der Waals surface area contributed by atoms with E-state index in [2.05, 4.69) is 5.32 Å². The van der Waals surface area contributed by atoms with E-state index in [0.29, 0.717) is 31.7 Å². The highest BCUT2D eigenvalue weighted by Crippen LogP contribution is 2.37. The van der Waals surface area contributed by atoms with E-state index in [1.165, 1.54) is 6.07 Å². The third-order valence-corrected chi connectivity index (χ3v) is 3.47. The van der Waals surface area contributed by atoms with E-state index >= 15 is 0 Å². The van der Waals surface area contributed by atoms with Crippen molar-refractivity contribution in [2.24, 2.45) is 0 Å². The summed E-state index contributed by atoms with van der Waals surface area (Å²) in [5.41, 5.74) is 0.472. The quantitative estimate of drug-likeness (QED) is 0.885. The lowest BCUT2D eigenvalue weighted by Gasteiger charge is -2.35. The molecular weight excluding hydrogens is 257 g/mol. The lowest BCUT2D eigenvalue weighted by atomic mass is 9.98. The predicted octanol–water partition coefficient (Wildman–Crippen LogP) is 2.05. The third-order valence-electron chi connectivity index (χ3n) is 3.47. The van der Waals surface area contributed by atoms with E-state index in [-0.39, 0.29) is 5.56 Å². The molecule has 1 heterocycles. The summed E-state index contributed by atoms with van der Waals surface area (Å²) in [7, 11) is 0. The van der Waals surface area contributed by atoms with Gasteiger partial charge in [-0.15, -0.1) is 0 Å². The molecule has 2 N–H and O–H groups in total. The van der Waals surface area contributed by atoms with Gasteiger partial charge < -0.3 is 10.4 Å². The van der Waals surface area contributed by atoms with Gasteiger partial charge in [0.2, 0.25) is 0 Å². The number of aromatic hydroxyl groups is 1. The summed E-state index contributed by atoms with van der Waals surface area (Å²) in [6, 6.07) is 1.24. The average Bonchev–Trinajstić information content (AvgIpc) is 2.39. The smallest absolute Gasteiger partial charge is 0.258 e. The fraction of sp³-hybridized carbons (Fsp3) is 0.538. The zero-order valence-corrected chi connectivity index (χ0v) is 10.7. The molecule has 0 aliphatic carbocycles. The van der Waals surface area contributed by atoms with Crippen LogP contribution in [-0.2, 0) is 0 Å². The maximum absolute atomic E-state index is 13.4. The van der Waals surface area contributed by atoms with Crippen LogP contribution in [-0.4, -0.2) is 42.6 Å². The largest absolute Gasteiger partial charge is 0.505 e. The monoisotopic (exact) mass is 274 g/mol. The normalized spacial score (nSPS) is 18.8. The van der Waals surface area contributed by atoms with Gasteiger partial charge in [0.1, 0.15) is 6.04 Å². The summed E-state index contributed by atoms with van der Waals surface area (Å²) < 4.78 is 40.2. The van der Waals surface area contributed by atoms with Gasteiger partial charge in [-0.1, -0.05) is 6.07 Å². The minimum Gasteiger partial charge on any atom is -0.505 e. The Labute approximate surface area is 110 Å². The summed E-state index contributed by atoms with van der Waals surface area (Å²) in [6.07, 6.45) is -2.68. The molecule has 0 unspecified atom stereocenters. The molecule has 0 radical (unpaired) electrons. The van der Waals surface area contributed by atoms with Crippen LogP contribution < -0.4 is 5.32 Å². The van der Waals surface area contributed by atoms with Gasteiger partial charge >= 0.3 is 0 Å². The fourth-order valence-corrected chi connectivity index (χ4v) is 2.48. The lowest BCUT2D eigenvalue weighted by molar-refractivity contribution is 0.0164. The first kappa shape index (κ1) is 14.1. The van der Waals surface area contributed by atoms with Gasteiger partial charge in [0.05, 0.1) is 0 Å². The van der Waals surface area contributed by atoms with Crippen molar-refractivity contribution in [2.75, 3.05) is 26.2 Å². The first-order valence-corrected chi connectivity index (χ1v) is 6.23. The molecular formula is C13H17F3N2O. The minimum absolute atomic E-state index is 0.00287. The van der Waals surface area contributed by atoms with Crippen LogP contribution in [0.3, 0.4) is 0 Å². The number of hydrogen-bond acceptors (Lipinski definition) is 3. The number of halogens is 3. The number of alkyl halides is 2. The SMILES string of the molecule is Cc1ccc(F)c(O)c1[C@H](C(F)F)N1CCNCC1. The average molecular weight is 274 g/mol. The van der Waals surface area contributed by atoms with Crippen LogP contribution in [0.2, 0.25) is 0 Å². The Hall–Kier alpha value is -1.27. The van der Waals surface area contributed by atoms with Gasteiger partial charge in [-0.3, -0.25) is 4.90 Å². The van der Waals surface area contributed by atoms with Crippen molar-refractivity contribution < 1.29 is 18.3 Å². The Bertz CT molecular complexity index is 448. The Morgan fingerprint density at radius 3 is 2.47 bits per heavy atom. The number of phenols is 1. The number of benzene rings is 1. The predicted molar refractivity (Wildman–Crippen MR) is 66.0 cm³/mol. The molecule has 6 heteroatoms. The number of hydrogen-bond donors (Lipinski definition) is 2. The summed E-state index contributed by atoms with van der Waals surface area (Å²) in [5, 5.41) is 12.9. The molecule has 2 rings (SSSR count). The van der Waals surface area contributed by atoms with E-state index in [4.69, 9.17) is 0 Å². The zero-order valence-electron chi connectivity index (χ0n) is 10.7. The second kappa shape index (κ2) is 5.79. The molecule has 106 valence electrons. The zero-order chi connectivity index (χ0) is 14.0. The maximum Gasteiger partial charge on any atom is 0.258 e. The molecule has 19 heavy (non-hydrogen) atoms. The Kier molecular flexibility index (Phi) is 4.31. The molecule has 1 aliphatic rings. The fourth-order valence-electron chi connectivity index (χ4n) is 2.48. The van der Waals surface area contributed by atoms with Crippen molar-refractivity contribution in [3.8, 4) is 5.75 Å². The molecule has 3 nitrogen and oxygen atoms in total. The summed E-state index contributed by atoms with van der Waals surface area (Å²) >= 11 is 0. The molecule has 0 saturated carbocycles. The van der Waals surface area contributed by atoms with Crippen molar-refractivity contribution in [3.63, 3.8) is 0 Å². The first-order valence-electron chi connectivity index (χ1n) is 6.23. The van der Waals surface area contributed by atoms with Crippen LogP contribution in [0.4, 0.5) is 13.2 Å². The van der Waals surface area contributed by atoms with Crippen LogP contribution >= 0.6 is 0 Å². The van der Waals surface area contributed by atoms with Gasteiger partial charge in [0, 0.05) is 31.7 Å². The maximum atomic E-state index is 13.4. The number of phenolic OH excluding ortho intramolecular Hbond substituents is 1. The van der Waals surface area contributed by atoms with Crippen molar-refractivity contribution in [2.45, 2.75) is 19.4 Å². The van der Waals surface area contributed by atoms with Crippen molar-refractivity contribution in [3.05, 3.63) is 29.1 Å². The highest BCUT2D eigenvalue weighted by molar-refractivity contribution is 5.42. The van der Waals surface area contributed by atoms with Crippen LogP contribution in [0.1, 0.15) is 17.2 Å². The summed E-state index contributed by atoms with van der Waals surface area (Å²) in [5.74, 6) is -1.52. The molecule has 0 aromatic heterocycles. The van der Waals surface area contributed by atoms with Crippen molar-refractivity contribution in [1.29, 1.82) is 0 Å². The van der Waals surface area contributed by atoms with Gasteiger partial charge in [-0.25, -0.2) is 13.2 Å². The first-order chi connectivity index (χ1) is 9.02. The number of piperazine rings is 1. The van der Waals surface area contributed by atoms with E-state index in [1.54, 1.807) is 11.8 Å². The summed E-state index contributed by atoms with van der Waals surface area (Å²) in [6.45, 7) is 3.72. The Morgan fingerprint density at radius 2 is 1.89 bits per heavy atom. The highest BCUT2D eigenvalue weighted by Gasteiger charge is 2.34. The van der Waals surface area contributed by atoms with Crippen LogP contribution in [0.25, 0.3) is 0 Å². The van der Waals surface area contributed by atoms with Gasteiger partial charge in [0.25, 0.3) is 6.43 Å². The molecule has 1 aromatic carbocycles. The number of nitrogens with one attached hydrogen (secondary N) is 1. The molecule has 0 bridgehead atoms. The van der Waals surface area contributed by atoms with Crippen molar-refractivity contribution in [1.82, 2.24) is 10.2 Å². The highest BCUT2D eigenvalue weighted by atomic mass is 19.3. The number of rotatable bonds is 3. The molecule has 0 amide bonds. The topological polar surface area (TPSA) is 35.5 Å². The molecule has 1 fully saturated rings. The second-order valence-corrected chi connectivity index (χ2v) is 4.69. The van der Waals surface area contributed by atoms with Crippen LogP contribution in [0.5, 0.6) is 5.75 Å². The van der Waals surface area contributed by atoms with E-state index in [0.717, 1.165) is 6.07 Å². The van der Waals surface area contributed by atoms with E-state index in [1.807, 2.05) is 0 Å². The van der Waals surface area contributed by atoms with Crippen LogP contribution in [0, 0.1) is 12.7 Å². The lowest BCUT2D eigenvalue weighted by Crippen LogP contribution is -2.47. The number of aryl methyl sites for hydroxylation is 1. The van der Waals surface area contributed by atoms with E-state index < -0.39 is 24.0 Å². The van der Waals surface area contributed by atoms with E-state index in [9.17, 15) is 18.3 Å². The Balaban J connectivity index is 2.41. The van der Waals surface area contributed by atoms with Crippen LogP contribution in [0.15, 0.2) is 12.1 Å². The standard InChI is InChI=1S/C13H17F3N2O/c1-8-2-3-9(14)12(19)10(8)11(13(15)16)18-6-4-17-5-7-18/h2-3,11,13,17,19H,4-7H2,1H3/t11-/m1/s1. The molecule has 1 aromatic rings. The molecule has 1 aliphatic heterocycles. The second-order valence-electron chi connectivity index (χ2n) is 4.69. The van der Waals surface area contributed by atoms with Gasteiger partial charge in [0.15, 0.2) is 11.6 Å². The Morgan fingerprint density at radius 1 is 1.26 bits per heavy atom. The minimum atomic E-state index is -2.68. The number of nitrogens with zero attached hydrogens (tertiary/aromatic N) is 1.